The first-order valence-electron chi connectivity index (χ1n) is 6.94. The lowest BCUT2D eigenvalue weighted by Crippen LogP contribution is -2.42. The molecule has 1 saturated heterocycles. The summed E-state index contributed by atoms with van der Waals surface area (Å²) >= 11 is 0. The molecule has 1 heterocycles. The van der Waals surface area contributed by atoms with E-state index in [1.165, 1.54) is 0 Å². The van der Waals surface area contributed by atoms with Crippen LogP contribution in [0.15, 0.2) is 24.3 Å². The third kappa shape index (κ3) is 3.67. The van der Waals surface area contributed by atoms with E-state index in [0.717, 1.165) is 12.8 Å². The Morgan fingerprint density at radius 2 is 2.20 bits per heavy atom. The summed E-state index contributed by atoms with van der Waals surface area (Å²) in [7, 11) is 0. The maximum atomic E-state index is 12.4. The Morgan fingerprint density at radius 3 is 2.90 bits per heavy atom. The van der Waals surface area contributed by atoms with Crippen molar-refractivity contribution in [3.05, 3.63) is 29.8 Å². The van der Waals surface area contributed by atoms with E-state index in [9.17, 15) is 8.78 Å². The van der Waals surface area contributed by atoms with Gasteiger partial charge in [0.05, 0.1) is 6.10 Å². The van der Waals surface area contributed by atoms with Crippen LogP contribution >= 0.6 is 0 Å². The topological polar surface area (TPSA) is 30.5 Å². The third-order valence-electron chi connectivity index (χ3n) is 3.95. The zero-order valence-corrected chi connectivity index (χ0v) is 11.9. The molecule has 0 bridgehead atoms. The minimum atomic E-state index is -2.82. The van der Waals surface area contributed by atoms with Crippen molar-refractivity contribution in [2.45, 2.75) is 44.9 Å². The largest absolute Gasteiger partial charge is 0.434 e. The summed E-state index contributed by atoms with van der Waals surface area (Å²) in [4.78, 5) is 0. The molecule has 1 aromatic rings. The molecule has 112 valence electrons. The molecule has 2 rings (SSSR count). The fraction of sp³-hybridized carbons (Fsp3) is 0.600. The van der Waals surface area contributed by atoms with Gasteiger partial charge < -0.3 is 14.8 Å². The van der Waals surface area contributed by atoms with Crippen LogP contribution in [0.1, 0.15) is 38.4 Å². The molecule has 0 aliphatic carbocycles. The molecule has 2 unspecified atom stereocenters. The van der Waals surface area contributed by atoms with Gasteiger partial charge in [0.15, 0.2) is 0 Å². The van der Waals surface area contributed by atoms with Crippen LogP contribution in [-0.4, -0.2) is 25.3 Å². The van der Waals surface area contributed by atoms with Crippen molar-refractivity contribution < 1.29 is 18.3 Å². The number of hydrogen-bond acceptors (Lipinski definition) is 3. The zero-order valence-electron chi connectivity index (χ0n) is 11.9. The smallest absolute Gasteiger partial charge is 0.387 e. The SMILES string of the molecule is CCC1(C)CCOC(c2ccccc2OC(F)F)CN1. The lowest BCUT2D eigenvalue weighted by molar-refractivity contribution is -0.0524. The molecule has 0 saturated carbocycles. The molecule has 0 radical (unpaired) electrons. The molecule has 1 fully saturated rings. The van der Waals surface area contributed by atoms with Crippen LogP contribution < -0.4 is 10.1 Å². The normalized spacial score (nSPS) is 27.4. The van der Waals surface area contributed by atoms with E-state index in [1.54, 1.807) is 24.3 Å². The number of alkyl halides is 2. The highest BCUT2D eigenvalue weighted by Crippen LogP contribution is 2.31. The van der Waals surface area contributed by atoms with Crippen molar-refractivity contribution in [1.29, 1.82) is 0 Å². The van der Waals surface area contributed by atoms with Crippen LogP contribution in [-0.2, 0) is 4.74 Å². The Kier molecular flexibility index (Phi) is 4.94. The molecule has 1 aromatic carbocycles. The van der Waals surface area contributed by atoms with E-state index in [4.69, 9.17) is 4.74 Å². The van der Waals surface area contributed by atoms with E-state index in [0.29, 0.717) is 18.7 Å². The summed E-state index contributed by atoms with van der Waals surface area (Å²) < 4.78 is 35.3. The van der Waals surface area contributed by atoms with E-state index >= 15 is 0 Å². The van der Waals surface area contributed by atoms with Gasteiger partial charge in [0.2, 0.25) is 0 Å². The molecule has 0 spiro atoms. The Hall–Kier alpha value is -1.20. The van der Waals surface area contributed by atoms with Crippen molar-refractivity contribution >= 4 is 0 Å². The van der Waals surface area contributed by atoms with Gasteiger partial charge >= 0.3 is 6.61 Å². The molecule has 20 heavy (non-hydrogen) atoms. The first kappa shape index (κ1) is 15.2. The summed E-state index contributed by atoms with van der Waals surface area (Å²) in [5.74, 6) is 0.189. The maximum Gasteiger partial charge on any atom is 0.387 e. The van der Waals surface area contributed by atoms with Gasteiger partial charge in [-0.3, -0.25) is 0 Å². The molecular weight excluding hydrogens is 264 g/mol. The highest BCUT2D eigenvalue weighted by molar-refractivity contribution is 5.35. The predicted molar refractivity (Wildman–Crippen MR) is 73.1 cm³/mol. The average molecular weight is 285 g/mol. The van der Waals surface area contributed by atoms with Gasteiger partial charge in [0.25, 0.3) is 0 Å². The minimum Gasteiger partial charge on any atom is -0.434 e. The van der Waals surface area contributed by atoms with E-state index < -0.39 is 6.61 Å². The van der Waals surface area contributed by atoms with Crippen molar-refractivity contribution in [2.24, 2.45) is 0 Å². The van der Waals surface area contributed by atoms with Crippen molar-refractivity contribution in [3.8, 4) is 5.75 Å². The van der Waals surface area contributed by atoms with Gasteiger partial charge in [-0.15, -0.1) is 0 Å². The number of rotatable bonds is 4. The van der Waals surface area contributed by atoms with Crippen LogP contribution in [0.3, 0.4) is 0 Å². The second kappa shape index (κ2) is 6.50. The molecule has 3 nitrogen and oxygen atoms in total. The van der Waals surface area contributed by atoms with Gasteiger partial charge in [-0.05, 0) is 25.8 Å². The molecule has 1 N–H and O–H groups in total. The highest BCUT2D eigenvalue weighted by atomic mass is 19.3. The van der Waals surface area contributed by atoms with Crippen molar-refractivity contribution in [2.75, 3.05) is 13.2 Å². The van der Waals surface area contributed by atoms with E-state index in [1.807, 2.05) is 0 Å². The van der Waals surface area contributed by atoms with Crippen LogP contribution in [0.4, 0.5) is 8.78 Å². The number of hydrogen-bond donors (Lipinski definition) is 1. The predicted octanol–water partition coefficient (Wildman–Crippen LogP) is 3.51. The zero-order chi connectivity index (χ0) is 14.6. The van der Waals surface area contributed by atoms with Crippen LogP contribution in [0.2, 0.25) is 0 Å². The van der Waals surface area contributed by atoms with Gasteiger partial charge in [-0.2, -0.15) is 8.78 Å². The number of para-hydroxylation sites is 1. The fourth-order valence-corrected chi connectivity index (χ4v) is 2.36. The highest BCUT2D eigenvalue weighted by Gasteiger charge is 2.29. The Morgan fingerprint density at radius 1 is 1.45 bits per heavy atom. The molecule has 1 aliphatic heterocycles. The minimum absolute atomic E-state index is 0.0350. The summed E-state index contributed by atoms with van der Waals surface area (Å²) in [6.45, 7) is 2.65. The lowest BCUT2D eigenvalue weighted by atomic mass is 9.95. The Balaban J connectivity index is 2.15. The van der Waals surface area contributed by atoms with Gasteiger partial charge in [0.1, 0.15) is 5.75 Å². The monoisotopic (exact) mass is 285 g/mol. The number of ether oxygens (including phenoxy) is 2. The first-order valence-corrected chi connectivity index (χ1v) is 6.94. The number of halogens is 2. The summed E-state index contributed by atoms with van der Waals surface area (Å²) in [5.41, 5.74) is 0.702. The molecule has 1 aliphatic rings. The van der Waals surface area contributed by atoms with Gasteiger partial charge in [-0.1, -0.05) is 25.1 Å². The molecule has 2 atom stereocenters. The van der Waals surface area contributed by atoms with E-state index in [-0.39, 0.29) is 17.4 Å². The Labute approximate surface area is 118 Å². The molecular formula is C15H21F2NO2. The van der Waals surface area contributed by atoms with E-state index in [2.05, 4.69) is 23.9 Å². The first-order chi connectivity index (χ1) is 9.54. The Bertz CT molecular complexity index is 442. The second-order valence-corrected chi connectivity index (χ2v) is 5.32. The fourth-order valence-electron chi connectivity index (χ4n) is 2.36. The van der Waals surface area contributed by atoms with Crippen LogP contribution in [0, 0.1) is 0 Å². The molecule has 0 aromatic heterocycles. The summed E-state index contributed by atoms with van der Waals surface area (Å²) in [5, 5.41) is 3.47. The second-order valence-electron chi connectivity index (χ2n) is 5.32. The standard InChI is InChI=1S/C15H21F2NO2/c1-3-15(2)8-9-19-13(10-18-15)11-6-4-5-7-12(11)20-14(16)17/h4-7,13-14,18H,3,8-10H2,1-2H3. The average Bonchev–Trinajstić information content (AvgIpc) is 2.62. The third-order valence-corrected chi connectivity index (χ3v) is 3.95. The summed E-state index contributed by atoms with van der Waals surface area (Å²) in [6.07, 6.45) is 1.63. The van der Waals surface area contributed by atoms with Gasteiger partial charge in [0, 0.05) is 24.3 Å². The van der Waals surface area contributed by atoms with Crippen molar-refractivity contribution in [3.63, 3.8) is 0 Å². The maximum absolute atomic E-state index is 12.4. The summed E-state index contributed by atoms with van der Waals surface area (Å²) in [6, 6.07) is 6.82. The number of benzene rings is 1. The van der Waals surface area contributed by atoms with Crippen molar-refractivity contribution in [1.82, 2.24) is 5.32 Å². The van der Waals surface area contributed by atoms with Gasteiger partial charge in [-0.25, -0.2) is 0 Å². The quantitative estimate of drug-likeness (QED) is 0.918. The molecule has 0 amide bonds. The van der Waals surface area contributed by atoms with Crippen LogP contribution in [0.5, 0.6) is 5.75 Å². The molecule has 5 heteroatoms. The van der Waals surface area contributed by atoms with Crippen LogP contribution in [0.25, 0.3) is 0 Å². The number of nitrogens with one attached hydrogen (secondary N) is 1. The lowest BCUT2D eigenvalue weighted by Gasteiger charge is -2.27.